The molecule has 2 N–H and O–H groups in total. The Labute approximate surface area is 92.1 Å². The fourth-order valence-electron chi connectivity index (χ4n) is 1.84. The Morgan fingerprint density at radius 3 is 3.00 bits per heavy atom. The van der Waals surface area contributed by atoms with E-state index in [-0.39, 0.29) is 0 Å². The summed E-state index contributed by atoms with van der Waals surface area (Å²) in [6.07, 6.45) is 0.938. The third-order valence-electron chi connectivity index (χ3n) is 2.60. The van der Waals surface area contributed by atoms with Crippen LogP contribution >= 0.6 is 11.3 Å². The second kappa shape index (κ2) is 3.21. The first-order chi connectivity index (χ1) is 7.34. The summed E-state index contributed by atoms with van der Waals surface area (Å²) in [6, 6.07) is 10.2. The smallest absolute Gasteiger partial charge is 0.132 e. The van der Waals surface area contributed by atoms with Crippen molar-refractivity contribution in [1.29, 1.82) is 0 Å². The van der Waals surface area contributed by atoms with Crippen molar-refractivity contribution in [2.75, 3.05) is 0 Å². The van der Waals surface area contributed by atoms with Gasteiger partial charge in [-0.25, -0.2) is 4.99 Å². The summed E-state index contributed by atoms with van der Waals surface area (Å²) in [5, 5.41) is 2.07. The Balaban J connectivity index is 2.25. The molecule has 0 fully saturated rings. The van der Waals surface area contributed by atoms with Crippen LogP contribution in [0.5, 0.6) is 0 Å². The van der Waals surface area contributed by atoms with Crippen molar-refractivity contribution in [1.82, 2.24) is 0 Å². The molecule has 2 aromatic rings. The van der Waals surface area contributed by atoms with Crippen LogP contribution in [0.4, 0.5) is 5.69 Å². The Bertz CT molecular complexity index is 540. The summed E-state index contributed by atoms with van der Waals surface area (Å²) in [4.78, 5) is 5.76. The van der Waals surface area contributed by atoms with Crippen molar-refractivity contribution in [3.8, 4) is 0 Å². The SMILES string of the molecule is NC1=Nc2ccccc2Cc2sccc21. The highest BCUT2D eigenvalue weighted by Gasteiger charge is 2.14. The van der Waals surface area contributed by atoms with Gasteiger partial charge in [0.2, 0.25) is 0 Å². The summed E-state index contributed by atoms with van der Waals surface area (Å²) in [7, 11) is 0. The van der Waals surface area contributed by atoms with Crippen LogP contribution in [0, 0.1) is 0 Å². The summed E-state index contributed by atoms with van der Waals surface area (Å²) in [5.74, 6) is 0.635. The second-order valence-electron chi connectivity index (χ2n) is 3.56. The first-order valence-electron chi connectivity index (χ1n) is 4.83. The van der Waals surface area contributed by atoms with E-state index in [1.54, 1.807) is 11.3 Å². The number of amidine groups is 1. The molecule has 1 aliphatic rings. The second-order valence-corrected chi connectivity index (χ2v) is 4.56. The molecule has 0 amide bonds. The predicted molar refractivity (Wildman–Crippen MR) is 64.0 cm³/mol. The van der Waals surface area contributed by atoms with Crippen molar-refractivity contribution < 1.29 is 0 Å². The molecule has 2 nitrogen and oxygen atoms in total. The van der Waals surface area contributed by atoms with E-state index in [9.17, 15) is 0 Å². The van der Waals surface area contributed by atoms with E-state index in [2.05, 4.69) is 16.4 Å². The first kappa shape index (κ1) is 8.68. The van der Waals surface area contributed by atoms with Gasteiger partial charge in [-0.05, 0) is 23.1 Å². The fraction of sp³-hybridized carbons (Fsp3) is 0.0833. The van der Waals surface area contributed by atoms with Gasteiger partial charge in [0.05, 0.1) is 5.69 Å². The van der Waals surface area contributed by atoms with Crippen molar-refractivity contribution in [2.45, 2.75) is 6.42 Å². The van der Waals surface area contributed by atoms with E-state index in [4.69, 9.17) is 5.73 Å². The monoisotopic (exact) mass is 214 g/mol. The minimum Gasteiger partial charge on any atom is -0.383 e. The van der Waals surface area contributed by atoms with Gasteiger partial charge >= 0.3 is 0 Å². The summed E-state index contributed by atoms with van der Waals surface area (Å²) >= 11 is 1.75. The van der Waals surface area contributed by atoms with Gasteiger partial charge in [0, 0.05) is 16.9 Å². The van der Waals surface area contributed by atoms with Crippen LogP contribution in [0.2, 0.25) is 0 Å². The lowest BCUT2D eigenvalue weighted by atomic mass is 10.1. The normalized spacial score (nSPS) is 13.7. The predicted octanol–water partition coefficient (Wildman–Crippen LogP) is 2.69. The van der Waals surface area contributed by atoms with Gasteiger partial charge < -0.3 is 5.73 Å². The molecular formula is C12H10N2S. The van der Waals surface area contributed by atoms with E-state index in [1.165, 1.54) is 10.4 Å². The van der Waals surface area contributed by atoms with Gasteiger partial charge in [-0.15, -0.1) is 11.3 Å². The third-order valence-corrected chi connectivity index (χ3v) is 3.53. The summed E-state index contributed by atoms with van der Waals surface area (Å²) < 4.78 is 0. The maximum absolute atomic E-state index is 5.96. The summed E-state index contributed by atoms with van der Waals surface area (Å²) in [6.45, 7) is 0. The molecule has 1 aromatic heterocycles. The van der Waals surface area contributed by atoms with Gasteiger partial charge in [-0.3, -0.25) is 0 Å². The van der Waals surface area contributed by atoms with Crippen LogP contribution in [0.15, 0.2) is 40.7 Å². The lowest BCUT2D eigenvalue weighted by molar-refractivity contribution is 1.24. The molecule has 0 spiro atoms. The Kier molecular flexibility index (Phi) is 1.86. The number of thiophene rings is 1. The van der Waals surface area contributed by atoms with E-state index in [1.807, 2.05) is 24.3 Å². The molecule has 2 heterocycles. The van der Waals surface area contributed by atoms with Crippen molar-refractivity contribution in [3.05, 3.63) is 51.7 Å². The zero-order chi connectivity index (χ0) is 10.3. The average Bonchev–Trinajstić information content (AvgIpc) is 2.64. The molecule has 15 heavy (non-hydrogen) atoms. The van der Waals surface area contributed by atoms with Gasteiger partial charge in [-0.1, -0.05) is 18.2 Å². The Morgan fingerprint density at radius 2 is 2.07 bits per heavy atom. The number of aliphatic imine (C=N–C) groups is 1. The zero-order valence-electron chi connectivity index (χ0n) is 8.10. The standard InChI is InChI=1S/C12H10N2S/c13-12-9-5-6-15-11(9)7-8-3-1-2-4-10(8)14-12/h1-6H,7H2,(H2,13,14). The van der Waals surface area contributed by atoms with E-state index >= 15 is 0 Å². The van der Waals surface area contributed by atoms with E-state index in [0.29, 0.717) is 5.84 Å². The quantitative estimate of drug-likeness (QED) is 0.719. The largest absolute Gasteiger partial charge is 0.383 e. The number of fused-ring (bicyclic) bond motifs is 2. The van der Waals surface area contributed by atoms with E-state index in [0.717, 1.165) is 17.7 Å². The van der Waals surface area contributed by atoms with Crippen molar-refractivity contribution in [2.24, 2.45) is 10.7 Å². The van der Waals surface area contributed by atoms with Gasteiger partial charge in [-0.2, -0.15) is 0 Å². The molecule has 0 unspecified atom stereocenters. The van der Waals surface area contributed by atoms with Crippen LogP contribution in [-0.2, 0) is 6.42 Å². The number of nitrogens with zero attached hydrogens (tertiary/aromatic N) is 1. The minimum absolute atomic E-state index is 0.635. The molecule has 74 valence electrons. The molecular weight excluding hydrogens is 204 g/mol. The number of para-hydroxylation sites is 1. The highest BCUT2D eigenvalue weighted by Crippen LogP contribution is 2.30. The highest BCUT2D eigenvalue weighted by atomic mass is 32.1. The van der Waals surface area contributed by atoms with Crippen LogP contribution in [0.1, 0.15) is 16.0 Å². The molecule has 3 rings (SSSR count). The molecule has 0 atom stereocenters. The number of hydrogen-bond acceptors (Lipinski definition) is 3. The maximum Gasteiger partial charge on any atom is 0.132 e. The van der Waals surface area contributed by atoms with Crippen LogP contribution in [0.25, 0.3) is 0 Å². The van der Waals surface area contributed by atoms with Gasteiger partial charge in [0.1, 0.15) is 5.84 Å². The average molecular weight is 214 g/mol. The summed E-state index contributed by atoms with van der Waals surface area (Å²) in [5.41, 5.74) is 9.31. The topological polar surface area (TPSA) is 38.4 Å². The van der Waals surface area contributed by atoms with Gasteiger partial charge in [0.25, 0.3) is 0 Å². The van der Waals surface area contributed by atoms with Crippen LogP contribution in [-0.4, -0.2) is 5.84 Å². The number of hydrogen-bond donors (Lipinski definition) is 1. The molecule has 0 bridgehead atoms. The molecule has 0 saturated carbocycles. The Hall–Kier alpha value is -1.61. The number of benzene rings is 1. The van der Waals surface area contributed by atoms with Crippen molar-refractivity contribution in [3.63, 3.8) is 0 Å². The minimum atomic E-state index is 0.635. The van der Waals surface area contributed by atoms with Crippen LogP contribution < -0.4 is 5.73 Å². The molecule has 1 aliphatic heterocycles. The lowest BCUT2D eigenvalue weighted by Gasteiger charge is -2.00. The molecule has 3 heteroatoms. The molecule has 0 saturated heterocycles. The highest BCUT2D eigenvalue weighted by molar-refractivity contribution is 7.10. The fourth-order valence-corrected chi connectivity index (χ4v) is 2.74. The number of rotatable bonds is 0. The first-order valence-corrected chi connectivity index (χ1v) is 5.71. The molecule has 0 aliphatic carbocycles. The van der Waals surface area contributed by atoms with E-state index < -0.39 is 0 Å². The molecule has 0 radical (unpaired) electrons. The van der Waals surface area contributed by atoms with Crippen molar-refractivity contribution >= 4 is 22.9 Å². The lowest BCUT2D eigenvalue weighted by Crippen LogP contribution is -2.12. The zero-order valence-corrected chi connectivity index (χ0v) is 8.92. The maximum atomic E-state index is 5.96. The van der Waals surface area contributed by atoms with Crippen LogP contribution in [0.3, 0.4) is 0 Å². The molecule has 1 aromatic carbocycles. The Morgan fingerprint density at radius 1 is 1.20 bits per heavy atom. The number of nitrogens with two attached hydrogens (primary N) is 1. The third kappa shape index (κ3) is 1.36. The van der Waals surface area contributed by atoms with Gasteiger partial charge in [0.15, 0.2) is 0 Å².